The van der Waals surface area contributed by atoms with Crippen LogP contribution in [0.1, 0.15) is 34.1 Å². The highest BCUT2D eigenvalue weighted by Gasteiger charge is 2.30. The first-order chi connectivity index (χ1) is 10.7. The summed E-state index contributed by atoms with van der Waals surface area (Å²) in [4.78, 5) is 25.2. The Morgan fingerprint density at radius 1 is 1.22 bits per heavy atom. The molecule has 1 aliphatic rings. The summed E-state index contributed by atoms with van der Waals surface area (Å²) in [5.41, 5.74) is 0.826. The molecule has 0 aromatic heterocycles. The third-order valence-electron chi connectivity index (χ3n) is 3.74. The van der Waals surface area contributed by atoms with Gasteiger partial charge >= 0.3 is 12.2 Å². The van der Waals surface area contributed by atoms with Crippen molar-refractivity contribution in [2.75, 3.05) is 20.2 Å². The standard InChI is InChI=1S/C16H29N3O4/c1-10(2)14(18-15(20)22-6)12(5)19-8-7-13(9-19)17-16(21)23-11(3)4/h10-11,13-14H,5,7-9H2,1-4,6H3,(H,17,21)(H,18,20)/t13-,14-/m0/s1. The highest BCUT2D eigenvalue weighted by Crippen LogP contribution is 2.21. The molecule has 2 N–H and O–H groups in total. The topological polar surface area (TPSA) is 79.9 Å². The lowest BCUT2D eigenvalue weighted by molar-refractivity contribution is 0.112. The number of hydrogen-bond acceptors (Lipinski definition) is 5. The number of carbonyl (C=O) groups excluding carboxylic acids is 2. The molecule has 0 radical (unpaired) electrons. The molecule has 7 nitrogen and oxygen atoms in total. The second kappa shape index (κ2) is 8.64. The van der Waals surface area contributed by atoms with Crippen LogP contribution in [0, 0.1) is 5.92 Å². The van der Waals surface area contributed by atoms with Crippen molar-refractivity contribution in [1.82, 2.24) is 15.5 Å². The number of likely N-dealkylation sites (tertiary alicyclic amines) is 1. The zero-order valence-corrected chi connectivity index (χ0v) is 14.7. The summed E-state index contributed by atoms with van der Waals surface area (Å²) >= 11 is 0. The number of rotatable bonds is 6. The maximum Gasteiger partial charge on any atom is 0.407 e. The maximum absolute atomic E-state index is 11.7. The Morgan fingerprint density at radius 3 is 2.39 bits per heavy atom. The number of hydrogen-bond donors (Lipinski definition) is 2. The summed E-state index contributed by atoms with van der Waals surface area (Å²) in [7, 11) is 1.34. The van der Waals surface area contributed by atoms with Crippen molar-refractivity contribution < 1.29 is 19.1 Å². The molecule has 2 amide bonds. The number of amides is 2. The van der Waals surface area contributed by atoms with Gasteiger partial charge in [0.15, 0.2) is 0 Å². The van der Waals surface area contributed by atoms with Crippen molar-refractivity contribution in [2.24, 2.45) is 5.92 Å². The Kier molecular flexibility index (Phi) is 7.19. The molecule has 1 aliphatic heterocycles. The first kappa shape index (κ1) is 19.1. The minimum absolute atomic E-state index is 0.0175. The van der Waals surface area contributed by atoms with E-state index in [-0.39, 0.29) is 24.1 Å². The fourth-order valence-electron chi connectivity index (χ4n) is 2.57. The van der Waals surface area contributed by atoms with Crippen LogP contribution >= 0.6 is 0 Å². The predicted octanol–water partition coefficient (Wildman–Crippen LogP) is 2.09. The Morgan fingerprint density at radius 2 is 1.87 bits per heavy atom. The van der Waals surface area contributed by atoms with E-state index < -0.39 is 12.2 Å². The molecule has 1 heterocycles. The lowest BCUT2D eigenvalue weighted by Gasteiger charge is -2.31. The third-order valence-corrected chi connectivity index (χ3v) is 3.74. The molecule has 1 saturated heterocycles. The summed E-state index contributed by atoms with van der Waals surface area (Å²) in [6, 6.07) is -0.187. The van der Waals surface area contributed by atoms with Crippen LogP contribution < -0.4 is 10.6 Å². The summed E-state index contributed by atoms with van der Waals surface area (Å²) in [5, 5.41) is 5.67. The van der Waals surface area contributed by atoms with Crippen LogP contribution in [0.4, 0.5) is 9.59 Å². The quantitative estimate of drug-likeness (QED) is 0.781. The number of carbonyl (C=O) groups is 2. The van der Waals surface area contributed by atoms with Crippen LogP contribution in [0.2, 0.25) is 0 Å². The van der Waals surface area contributed by atoms with Gasteiger partial charge in [-0.05, 0) is 26.2 Å². The molecule has 0 spiro atoms. The van der Waals surface area contributed by atoms with E-state index in [1.165, 1.54) is 7.11 Å². The van der Waals surface area contributed by atoms with Crippen LogP contribution in [0.5, 0.6) is 0 Å². The van der Waals surface area contributed by atoms with Crippen LogP contribution in [-0.4, -0.2) is 55.5 Å². The van der Waals surface area contributed by atoms with Gasteiger partial charge in [-0.2, -0.15) is 0 Å². The minimum atomic E-state index is -0.473. The fourth-order valence-corrected chi connectivity index (χ4v) is 2.57. The Labute approximate surface area is 138 Å². The Bertz CT molecular complexity index is 437. The van der Waals surface area contributed by atoms with Crippen molar-refractivity contribution in [2.45, 2.75) is 52.3 Å². The largest absolute Gasteiger partial charge is 0.453 e. The number of nitrogens with one attached hydrogen (secondary N) is 2. The average molecular weight is 327 g/mol. The molecule has 0 aliphatic carbocycles. The molecule has 2 atom stereocenters. The number of nitrogens with zero attached hydrogens (tertiary/aromatic N) is 1. The summed E-state index contributed by atoms with van der Waals surface area (Å²) in [5.74, 6) is 0.180. The van der Waals surface area contributed by atoms with Crippen LogP contribution in [0.15, 0.2) is 12.3 Å². The van der Waals surface area contributed by atoms with Crippen molar-refractivity contribution >= 4 is 12.2 Å². The highest BCUT2D eigenvalue weighted by atomic mass is 16.6. The van der Waals surface area contributed by atoms with Crippen molar-refractivity contribution in [3.8, 4) is 0 Å². The number of methoxy groups -OCH3 is 1. The smallest absolute Gasteiger partial charge is 0.407 e. The Balaban J connectivity index is 2.57. The van der Waals surface area contributed by atoms with Crippen LogP contribution in [0.25, 0.3) is 0 Å². The molecule has 23 heavy (non-hydrogen) atoms. The monoisotopic (exact) mass is 327 g/mol. The van der Waals surface area contributed by atoms with E-state index >= 15 is 0 Å². The second-order valence-corrected chi connectivity index (χ2v) is 6.38. The maximum atomic E-state index is 11.7. The summed E-state index contributed by atoms with van der Waals surface area (Å²) in [6.07, 6.45) is -0.197. The minimum Gasteiger partial charge on any atom is -0.453 e. The van der Waals surface area contributed by atoms with Crippen molar-refractivity contribution in [3.05, 3.63) is 12.3 Å². The van der Waals surface area contributed by atoms with E-state index in [4.69, 9.17) is 4.74 Å². The van der Waals surface area contributed by atoms with Gasteiger partial charge in [0, 0.05) is 18.8 Å². The predicted molar refractivity (Wildman–Crippen MR) is 88.0 cm³/mol. The first-order valence-corrected chi connectivity index (χ1v) is 8.00. The van der Waals surface area contributed by atoms with Crippen LogP contribution in [0.3, 0.4) is 0 Å². The molecule has 0 aromatic carbocycles. The SMILES string of the molecule is C=C([C@@H](NC(=O)OC)C(C)C)N1CC[C@H](NC(=O)OC(C)C)C1. The van der Waals surface area contributed by atoms with Gasteiger partial charge in [-0.3, -0.25) is 0 Å². The fraction of sp³-hybridized carbons (Fsp3) is 0.750. The van der Waals surface area contributed by atoms with E-state index in [1.807, 2.05) is 27.7 Å². The molecule has 1 rings (SSSR count). The van der Waals surface area contributed by atoms with Gasteiger partial charge in [0.25, 0.3) is 0 Å². The van der Waals surface area contributed by atoms with Crippen molar-refractivity contribution in [1.29, 1.82) is 0 Å². The Hall–Kier alpha value is -1.92. The molecule has 0 aromatic rings. The molecule has 0 saturated carbocycles. The summed E-state index contributed by atoms with van der Waals surface area (Å²) < 4.78 is 9.77. The third kappa shape index (κ3) is 6.00. The zero-order chi connectivity index (χ0) is 17.6. The van der Waals surface area contributed by atoms with Crippen LogP contribution in [-0.2, 0) is 9.47 Å². The van der Waals surface area contributed by atoms with E-state index in [9.17, 15) is 9.59 Å². The molecular formula is C16H29N3O4. The lowest BCUT2D eigenvalue weighted by Crippen LogP contribution is -2.45. The van der Waals surface area contributed by atoms with Gasteiger partial charge in [-0.25, -0.2) is 9.59 Å². The van der Waals surface area contributed by atoms with Gasteiger partial charge in [0.05, 0.1) is 25.3 Å². The number of ether oxygens (including phenoxy) is 2. The van der Waals surface area contributed by atoms with Gasteiger partial charge in [-0.1, -0.05) is 20.4 Å². The lowest BCUT2D eigenvalue weighted by atomic mass is 10.0. The van der Waals surface area contributed by atoms with E-state index in [0.717, 1.165) is 18.7 Å². The first-order valence-electron chi connectivity index (χ1n) is 8.00. The van der Waals surface area contributed by atoms with Gasteiger partial charge in [0.2, 0.25) is 0 Å². The van der Waals surface area contributed by atoms with E-state index in [2.05, 4.69) is 26.8 Å². The van der Waals surface area contributed by atoms with E-state index in [0.29, 0.717) is 6.54 Å². The van der Waals surface area contributed by atoms with Crippen molar-refractivity contribution in [3.63, 3.8) is 0 Å². The molecule has 132 valence electrons. The summed E-state index contributed by atoms with van der Waals surface area (Å²) in [6.45, 7) is 13.2. The number of alkyl carbamates (subject to hydrolysis) is 2. The van der Waals surface area contributed by atoms with Gasteiger partial charge < -0.3 is 25.0 Å². The normalized spacial score (nSPS) is 18.7. The molecule has 0 bridgehead atoms. The highest BCUT2D eigenvalue weighted by molar-refractivity contribution is 5.68. The van der Waals surface area contributed by atoms with Gasteiger partial charge in [-0.15, -0.1) is 0 Å². The second-order valence-electron chi connectivity index (χ2n) is 6.38. The molecular weight excluding hydrogens is 298 g/mol. The molecule has 0 unspecified atom stereocenters. The molecule has 7 heteroatoms. The average Bonchev–Trinajstić information content (AvgIpc) is 2.90. The zero-order valence-electron chi connectivity index (χ0n) is 14.7. The van der Waals surface area contributed by atoms with E-state index in [1.54, 1.807) is 0 Å². The molecule has 1 fully saturated rings. The van der Waals surface area contributed by atoms with Gasteiger partial charge in [0.1, 0.15) is 0 Å².